The smallest absolute Gasteiger partial charge is 0.270 e. The van der Waals surface area contributed by atoms with Crippen molar-refractivity contribution in [2.75, 3.05) is 26.2 Å². The van der Waals surface area contributed by atoms with Crippen molar-refractivity contribution in [3.05, 3.63) is 22.5 Å². The molecule has 2 fully saturated rings. The zero-order valence-corrected chi connectivity index (χ0v) is 16.6. The molecule has 0 radical (unpaired) electrons. The Morgan fingerprint density at radius 2 is 1.50 bits per heavy atom. The summed E-state index contributed by atoms with van der Waals surface area (Å²) in [6.07, 6.45) is 7.32. The largest absolute Gasteiger partial charge is 0.354 e. The minimum absolute atomic E-state index is 0.107. The first-order valence-electron chi connectivity index (χ1n) is 10.2. The monoisotopic (exact) mass is 359 g/mol. The van der Waals surface area contributed by atoms with Crippen molar-refractivity contribution in [1.82, 2.24) is 14.8 Å². The van der Waals surface area contributed by atoms with Gasteiger partial charge in [0.1, 0.15) is 5.69 Å². The van der Waals surface area contributed by atoms with Crippen LogP contribution in [0.15, 0.2) is 0 Å². The van der Waals surface area contributed by atoms with Crippen molar-refractivity contribution >= 4 is 11.8 Å². The zero-order chi connectivity index (χ0) is 18.7. The van der Waals surface area contributed by atoms with Crippen LogP contribution in [0.2, 0.25) is 0 Å². The van der Waals surface area contributed by atoms with E-state index in [1.54, 1.807) is 0 Å². The minimum Gasteiger partial charge on any atom is -0.354 e. The summed E-state index contributed by atoms with van der Waals surface area (Å²) in [5.74, 6) is 0.849. The molecule has 2 saturated heterocycles. The van der Waals surface area contributed by atoms with Crippen molar-refractivity contribution in [2.24, 2.45) is 5.92 Å². The van der Waals surface area contributed by atoms with E-state index in [9.17, 15) is 9.59 Å². The van der Waals surface area contributed by atoms with E-state index in [1.807, 2.05) is 18.7 Å². The molecule has 144 valence electrons. The molecular weight excluding hydrogens is 326 g/mol. The first-order valence-corrected chi connectivity index (χ1v) is 10.2. The van der Waals surface area contributed by atoms with Gasteiger partial charge in [0, 0.05) is 38.3 Å². The third kappa shape index (κ3) is 4.13. The number of nitrogens with zero attached hydrogens (tertiary/aromatic N) is 2. The maximum Gasteiger partial charge on any atom is 0.270 e. The number of aromatic nitrogens is 1. The number of nitrogens with one attached hydrogen (secondary N) is 1. The van der Waals surface area contributed by atoms with Crippen LogP contribution in [0, 0.1) is 26.7 Å². The van der Waals surface area contributed by atoms with Gasteiger partial charge in [0.2, 0.25) is 5.91 Å². The third-order valence-electron chi connectivity index (χ3n) is 6.35. The highest BCUT2D eigenvalue weighted by Crippen LogP contribution is 2.25. The van der Waals surface area contributed by atoms with Crippen molar-refractivity contribution < 1.29 is 9.59 Å². The lowest BCUT2D eigenvalue weighted by molar-refractivity contribution is -0.132. The molecular formula is C21H33N3O2. The van der Waals surface area contributed by atoms with E-state index < -0.39 is 0 Å². The molecule has 0 spiro atoms. The number of carbonyl (C=O) groups is 2. The molecule has 0 unspecified atom stereocenters. The number of carbonyl (C=O) groups excluding carboxylic acids is 2. The van der Waals surface area contributed by atoms with E-state index in [4.69, 9.17) is 0 Å². The summed E-state index contributed by atoms with van der Waals surface area (Å²) >= 11 is 0. The van der Waals surface area contributed by atoms with Crippen molar-refractivity contribution in [2.45, 2.75) is 65.7 Å². The average molecular weight is 360 g/mol. The number of aromatic amines is 1. The lowest BCUT2D eigenvalue weighted by Crippen LogP contribution is -2.40. The molecule has 0 aromatic carbocycles. The SMILES string of the molecule is Cc1[nH]c(C(=O)N2CCC(CC(=O)N3CCCCCC3)CC2)c(C)c1C. The second-order valence-electron chi connectivity index (χ2n) is 8.11. The Hall–Kier alpha value is -1.78. The molecule has 5 heteroatoms. The summed E-state index contributed by atoms with van der Waals surface area (Å²) in [6, 6.07) is 0. The molecule has 1 N–H and O–H groups in total. The van der Waals surface area contributed by atoms with Crippen LogP contribution in [0.25, 0.3) is 0 Å². The van der Waals surface area contributed by atoms with E-state index in [-0.39, 0.29) is 5.91 Å². The first kappa shape index (κ1) is 19.0. The van der Waals surface area contributed by atoms with Crippen molar-refractivity contribution in [3.8, 4) is 0 Å². The molecule has 2 aliphatic rings. The Morgan fingerprint density at radius 1 is 0.885 bits per heavy atom. The summed E-state index contributed by atoms with van der Waals surface area (Å²) < 4.78 is 0. The summed E-state index contributed by atoms with van der Waals surface area (Å²) in [6.45, 7) is 9.46. The van der Waals surface area contributed by atoms with Crippen molar-refractivity contribution in [1.29, 1.82) is 0 Å². The standard InChI is InChI=1S/C21H33N3O2/c1-15-16(2)20(22-17(15)3)21(26)24-12-8-18(9-13-24)14-19(25)23-10-6-4-5-7-11-23/h18,22H,4-14H2,1-3H3. The molecule has 0 aliphatic carbocycles. The highest BCUT2D eigenvalue weighted by Gasteiger charge is 2.28. The van der Waals surface area contributed by atoms with Crippen LogP contribution in [-0.2, 0) is 4.79 Å². The molecule has 1 aromatic rings. The fourth-order valence-corrected chi connectivity index (χ4v) is 4.25. The second-order valence-corrected chi connectivity index (χ2v) is 8.11. The predicted octanol–water partition coefficient (Wildman–Crippen LogP) is 3.58. The number of aryl methyl sites for hydroxylation is 1. The number of piperidine rings is 1. The van der Waals surface area contributed by atoms with Crippen LogP contribution in [-0.4, -0.2) is 52.8 Å². The molecule has 3 rings (SSSR count). The van der Waals surface area contributed by atoms with Crippen LogP contribution in [0.1, 0.15) is 72.3 Å². The maximum atomic E-state index is 12.8. The third-order valence-corrected chi connectivity index (χ3v) is 6.35. The highest BCUT2D eigenvalue weighted by molar-refractivity contribution is 5.94. The molecule has 0 atom stereocenters. The fourth-order valence-electron chi connectivity index (χ4n) is 4.25. The summed E-state index contributed by atoms with van der Waals surface area (Å²) in [4.78, 5) is 32.7. The quantitative estimate of drug-likeness (QED) is 0.897. The maximum absolute atomic E-state index is 12.8. The summed E-state index contributed by atoms with van der Waals surface area (Å²) in [7, 11) is 0. The molecule has 1 aromatic heterocycles. The molecule has 3 heterocycles. The van der Waals surface area contributed by atoms with Crippen LogP contribution in [0.3, 0.4) is 0 Å². The molecule has 5 nitrogen and oxygen atoms in total. The van der Waals surface area contributed by atoms with Gasteiger partial charge in [0.25, 0.3) is 5.91 Å². The van der Waals surface area contributed by atoms with Crippen LogP contribution in [0.4, 0.5) is 0 Å². The second kappa shape index (κ2) is 8.28. The summed E-state index contributed by atoms with van der Waals surface area (Å²) in [5.41, 5.74) is 4.04. The van der Waals surface area contributed by atoms with Gasteiger partial charge in [-0.1, -0.05) is 12.8 Å². The van der Waals surface area contributed by atoms with Gasteiger partial charge >= 0.3 is 0 Å². The molecule has 0 saturated carbocycles. The Kier molecular flexibility index (Phi) is 6.05. The Balaban J connectivity index is 1.51. The van der Waals surface area contributed by atoms with E-state index >= 15 is 0 Å². The number of likely N-dealkylation sites (tertiary alicyclic amines) is 2. The van der Waals surface area contributed by atoms with Gasteiger partial charge in [-0.25, -0.2) is 0 Å². The van der Waals surface area contributed by atoms with E-state index in [1.165, 1.54) is 18.4 Å². The van der Waals surface area contributed by atoms with Gasteiger partial charge in [0.05, 0.1) is 0 Å². The molecule has 26 heavy (non-hydrogen) atoms. The lowest BCUT2D eigenvalue weighted by atomic mass is 9.92. The molecule has 2 aliphatic heterocycles. The van der Waals surface area contributed by atoms with Crippen LogP contribution < -0.4 is 0 Å². The number of hydrogen-bond acceptors (Lipinski definition) is 2. The van der Waals surface area contributed by atoms with E-state index in [0.29, 0.717) is 18.2 Å². The molecule has 2 amide bonds. The predicted molar refractivity (Wildman–Crippen MR) is 103 cm³/mol. The van der Waals surface area contributed by atoms with Gasteiger partial charge in [-0.05, 0) is 63.5 Å². The number of amides is 2. The highest BCUT2D eigenvalue weighted by atomic mass is 16.2. The number of hydrogen-bond donors (Lipinski definition) is 1. The van der Waals surface area contributed by atoms with Gasteiger partial charge in [-0.15, -0.1) is 0 Å². The van der Waals surface area contributed by atoms with Gasteiger partial charge in [-0.3, -0.25) is 9.59 Å². The molecule has 0 bridgehead atoms. The lowest BCUT2D eigenvalue weighted by Gasteiger charge is -2.32. The van der Waals surface area contributed by atoms with Crippen molar-refractivity contribution in [3.63, 3.8) is 0 Å². The number of H-pyrrole nitrogens is 1. The van der Waals surface area contributed by atoms with Gasteiger partial charge in [0.15, 0.2) is 0 Å². The average Bonchev–Trinajstić information content (AvgIpc) is 2.86. The Morgan fingerprint density at radius 3 is 2.04 bits per heavy atom. The van der Waals surface area contributed by atoms with E-state index in [2.05, 4.69) is 16.8 Å². The normalized spacial score (nSPS) is 19.5. The topological polar surface area (TPSA) is 56.4 Å². The van der Waals surface area contributed by atoms with Crippen LogP contribution in [0.5, 0.6) is 0 Å². The Bertz CT molecular complexity index is 648. The Labute approximate surface area is 157 Å². The zero-order valence-electron chi connectivity index (χ0n) is 16.6. The fraction of sp³-hybridized carbons (Fsp3) is 0.714. The van der Waals surface area contributed by atoms with Gasteiger partial charge < -0.3 is 14.8 Å². The minimum atomic E-state index is 0.107. The van der Waals surface area contributed by atoms with Gasteiger partial charge in [-0.2, -0.15) is 0 Å². The summed E-state index contributed by atoms with van der Waals surface area (Å²) in [5, 5.41) is 0. The first-order chi connectivity index (χ1) is 12.5. The van der Waals surface area contributed by atoms with E-state index in [0.717, 1.165) is 68.8 Å². The number of rotatable bonds is 3. The van der Waals surface area contributed by atoms with Crippen LogP contribution >= 0.6 is 0 Å².